The van der Waals surface area contributed by atoms with Crippen molar-refractivity contribution < 1.29 is 27.8 Å². The van der Waals surface area contributed by atoms with Gasteiger partial charge in [-0.25, -0.2) is 13.8 Å². The Labute approximate surface area is 237 Å². The van der Waals surface area contributed by atoms with E-state index < -0.39 is 23.1 Å². The molecule has 0 atom stereocenters. The molecule has 3 N–H and O–H groups in total. The summed E-state index contributed by atoms with van der Waals surface area (Å²) in [6, 6.07) is 11.4. The molecule has 214 valence electrons. The zero-order valence-electron chi connectivity index (χ0n) is 22.0. The number of hydrogen-bond acceptors (Lipinski definition) is 8. The molecule has 0 bridgehead atoms. The Morgan fingerprint density at radius 1 is 1.00 bits per heavy atom. The van der Waals surface area contributed by atoms with Gasteiger partial charge in [-0.2, -0.15) is 9.78 Å². The second-order valence-corrected chi connectivity index (χ2v) is 9.02. The number of nitrogens with two attached hydrogens (primary N) is 1. The van der Waals surface area contributed by atoms with E-state index in [4.69, 9.17) is 15.2 Å². The van der Waals surface area contributed by atoms with E-state index in [1.807, 2.05) is 0 Å². The number of nitrogen functional groups attached to an aromatic ring is 1. The molecule has 4 aromatic rings. The highest BCUT2D eigenvalue weighted by molar-refractivity contribution is 6.04. The van der Waals surface area contributed by atoms with E-state index in [-0.39, 0.29) is 45.7 Å². The van der Waals surface area contributed by atoms with E-state index in [2.05, 4.69) is 15.4 Å². The highest BCUT2D eigenvalue weighted by Gasteiger charge is 2.18. The maximum atomic E-state index is 15.1. The lowest BCUT2D eigenvalue weighted by Crippen LogP contribution is -2.39. The fraction of sp³-hybridized carbons (Fsp3) is 0.138. The van der Waals surface area contributed by atoms with Gasteiger partial charge in [0, 0.05) is 43.3 Å². The van der Waals surface area contributed by atoms with Crippen LogP contribution in [0.1, 0.15) is 15.9 Å². The zero-order valence-corrected chi connectivity index (χ0v) is 22.0. The molecule has 0 aliphatic carbocycles. The first kappa shape index (κ1) is 28.1. The molecular weight excluding hydrogens is 550 g/mol. The number of morpholine rings is 1. The Morgan fingerprint density at radius 3 is 2.50 bits per heavy atom. The quantitative estimate of drug-likeness (QED) is 0.320. The summed E-state index contributed by atoms with van der Waals surface area (Å²) in [6.45, 7) is 1.84. The first-order valence-corrected chi connectivity index (χ1v) is 12.7. The average molecular weight is 575 g/mol. The Kier molecular flexibility index (Phi) is 8.29. The normalized spacial score (nSPS) is 13.2. The molecule has 0 unspecified atom stereocenters. The summed E-state index contributed by atoms with van der Waals surface area (Å²) in [7, 11) is 0. The number of rotatable bonds is 7. The molecule has 1 saturated heterocycles. The minimum atomic E-state index is -0.819. The predicted molar refractivity (Wildman–Crippen MR) is 149 cm³/mol. The Balaban J connectivity index is 1.31. The van der Waals surface area contributed by atoms with Crippen molar-refractivity contribution in [3.63, 3.8) is 0 Å². The number of carbonyl (C=O) groups excluding carboxylic acids is 2. The molecule has 2 amide bonds. The largest absolute Gasteiger partial charge is 0.453 e. The maximum Gasteiger partial charge on any atom is 0.284 e. The number of carbonyl (C=O) groups is 2. The number of amides is 2. The first-order chi connectivity index (χ1) is 20.3. The molecule has 42 heavy (non-hydrogen) atoms. The third-order valence-corrected chi connectivity index (χ3v) is 6.27. The minimum Gasteiger partial charge on any atom is -0.453 e. The molecule has 2 aromatic carbocycles. The highest BCUT2D eigenvalue weighted by atomic mass is 19.1. The van der Waals surface area contributed by atoms with E-state index in [0.717, 1.165) is 22.9 Å². The van der Waals surface area contributed by atoms with Crippen molar-refractivity contribution in [2.24, 2.45) is 0 Å². The molecule has 1 aliphatic heterocycles. The van der Waals surface area contributed by atoms with Crippen LogP contribution in [-0.2, 0) is 9.53 Å². The van der Waals surface area contributed by atoms with E-state index >= 15 is 4.39 Å². The van der Waals surface area contributed by atoms with Gasteiger partial charge in [-0.3, -0.25) is 14.4 Å². The summed E-state index contributed by atoms with van der Waals surface area (Å²) in [4.78, 5) is 43.9. The molecule has 5 rings (SSSR count). The van der Waals surface area contributed by atoms with Crippen LogP contribution in [0.25, 0.3) is 11.8 Å². The van der Waals surface area contributed by atoms with Gasteiger partial charge in [0.2, 0.25) is 5.91 Å². The van der Waals surface area contributed by atoms with Gasteiger partial charge in [0.25, 0.3) is 11.5 Å². The van der Waals surface area contributed by atoms with Crippen LogP contribution in [0.15, 0.2) is 77.9 Å². The Bertz CT molecular complexity index is 1720. The van der Waals surface area contributed by atoms with Gasteiger partial charge >= 0.3 is 0 Å². The highest BCUT2D eigenvalue weighted by Crippen LogP contribution is 2.32. The van der Waals surface area contributed by atoms with E-state index in [1.54, 1.807) is 4.90 Å². The van der Waals surface area contributed by atoms with Crippen molar-refractivity contribution in [1.29, 1.82) is 0 Å². The molecule has 1 fully saturated rings. The lowest BCUT2D eigenvalue weighted by atomic mass is 10.2. The summed E-state index contributed by atoms with van der Waals surface area (Å²) >= 11 is 0. The first-order valence-electron chi connectivity index (χ1n) is 12.7. The number of benzene rings is 2. The molecule has 13 heteroatoms. The van der Waals surface area contributed by atoms with Crippen molar-refractivity contribution in [3.05, 3.63) is 106 Å². The summed E-state index contributed by atoms with van der Waals surface area (Å²) in [6.07, 6.45) is 5.42. The smallest absolute Gasteiger partial charge is 0.284 e. The van der Waals surface area contributed by atoms with Crippen molar-refractivity contribution in [2.45, 2.75) is 0 Å². The number of halogens is 2. The van der Waals surface area contributed by atoms with Gasteiger partial charge in [-0.15, -0.1) is 0 Å². The van der Waals surface area contributed by atoms with Crippen LogP contribution >= 0.6 is 0 Å². The number of ether oxygens (including phenoxy) is 2. The lowest BCUT2D eigenvalue weighted by molar-refractivity contribution is -0.129. The minimum absolute atomic E-state index is 0.0554. The van der Waals surface area contributed by atoms with Gasteiger partial charge < -0.3 is 25.4 Å². The van der Waals surface area contributed by atoms with Crippen molar-refractivity contribution >= 4 is 29.4 Å². The SMILES string of the molecule is Nc1nccc(Oc2ccc(NC(=O)c3ccnn(-c4ccc(F)cc4)c3=O)cc2F)c1/C=C/C(=O)N1CCOCC1. The monoisotopic (exact) mass is 574 g/mol. The number of aromatic nitrogens is 3. The van der Waals surface area contributed by atoms with Crippen LogP contribution < -0.4 is 21.3 Å². The summed E-state index contributed by atoms with van der Waals surface area (Å²) in [5.74, 6) is -2.30. The van der Waals surface area contributed by atoms with Crippen molar-refractivity contribution in [1.82, 2.24) is 19.7 Å². The molecule has 3 heterocycles. The van der Waals surface area contributed by atoms with Crippen LogP contribution in [0.5, 0.6) is 11.5 Å². The molecule has 11 nitrogen and oxygen atoms in total. The molecular formula is C29H24F2N6O5. The predicted octanol–water partition coefficient (Wildman–Crippen LogP) is 3.40. The van der Waals surface area contributed by atoms with Crippen molar-refractivity contribution in [3.8, 4) is 17.2 Å². The second-order valence-electron chi connectivity index (χ2n) is 9.02. The number of nitrogens with zero attached hydrogens (tertiary/aromatic N) is 4. The topological polar surface area (TPSA) is 142 Å². The fourth-order valence-corrected chi connectivity index (χ4v) is 4.10. The number of nitrogens with one attached hydrogen (secondary N) is 1. The maximum absolute atomic E-state index is 15.1. The van der Waals surface area contributed by atoms with Gasteiger partial charge in [-0.1, -0.05) is 0 Å². The van der Waals surface area contributed by atoms with Gasteiger partial charge in [0.1, 0.15) is 22.9 Å². The van der Waals surface area contributed by atoms with Crippen LogP contribution in [0.2, 0.25) is 0 Å². The molecule has 0 radical (unpaired) electrons. The van der Waals surface area contributed by atoms with Gasteiger partial charge in [-0.05, 0) is 54.6 Å². The Morgan fingerprint density at radius 2 is 1.76 bits per heavy atom. The molecule has 2 aromatic heterocycles. The summed E-state index contributed by atoms with van der Waals surface area (Å²) in [5.41, 5.74) is 5.60. The van der Waals surface area contributed by atoms with E-state index in [9.17, 15) is 18.8 Å². The zero-order chi connectivity index (χ0) is 29.6. The van der Waals surface area contributed by atoms with E-state index in [1.165, 1.54) is 60.9 Å². The Hall–Kier alpha value is -5.43. The molecule has 1 aliphatic rings. The standard InChI is InChI=1S/C29H24F2N6O5/c30-18-1-4-20(5-2-18)37-29(40)22(9-12-34-37)28(39)35-19-3-7-25(23(31)17-19)42-24-10-11-33-27(32)21(24)6-8-26(38)36-13-15-41-16-14-36/h1-12,17H,13-16H2,(H2,32,33)(H,35,39)/b8-6+. The second kappa shape index (κ2) is 12.4. The average Bonchev–Trinajstić information content (AvgIpc) is 2.99. The molecule has 0 spiro atoms. The van der Waals surface area contributed by atoms with Crippen LogP contribution in [0, 0.1) is 11.6 Å². The third-order valence-electron chi connectivity index (χ3n) is 6.27. The summed E-state index contributed by atoms with van der Waals surface area (Å²) < 4.78 is 40.3. The van der Waals surface area contributed by atoms with Gasteiger partial charge in [0.15, 0.2) is 11.6 Å². The third kappa shape index (κ3) is 6.31. The van der Waals surface area contributed by atoms with Crippen LogP contribution in [0.3, 0.4) is 0 Å². The number of anilines is 2. The number of hydrogen-bond donors (Lipinski definition) is 2. The fourth-order valence-electron chi connectivity index (χ4n) is 4.10. The van der Waals surface area contributed by atoms with Crippen LogP contribution in [-0.4, -0.2) is 57.8 Å². The molecule has 0 saturated carbocycles. The lowest BCUT2D eigenvalue weighted by Gasteiger charge is -2.25. The number of pyridine rings is 1. The van der Waals surface area contributed by atoms with Crippen molar-refractivity contribution in [2.75, 3.05) is 37.4 Å². The summed E-state index contributed by atoms with van der Waals surface area (Å²) in [5, 5.41) is 6.41. The van der Waals surface area contributed by atoms with Gasteiger partial charge in [0.05, 0.1) is 24.5 Å². The van der Waals surface area contributed by atoms with E-state index in [0.29, 0.717) is 26.3 Å². The van der Waals surface area contributed by atoms with Crippen LogP contribution in [0.4, 0.5) is 20.3 Å².